The van der Waals surface area contributed by atoms with Crippen LogP contribution in [-0.2, 0) is 17.6 Å². The third-order valence-corrected chi connectivity index (χ3v) is 4.97. The zero-order chi connectivity index (χ0) is 14.1. The Labute approximate surface area is 122 Å². The minimum absolute atomic E-state index is 0.0119. The Morgan fingerprint density at radius 1 is 1.35 bits per heavy atom. The molecule has 0 radical (unpaired) electrons. The highest BCUT2D eigenvalue weighted by atomic mass is 32.2. The first-order chi connectivity index (χ1) is 9.66. The summed E-state index contributed by atoms with van der Waals surface area (Å²) in [5.41, 5.74) is 1.89. The molecule has 1 aliphatic carbocycles. The molecule has 0 saturated carbocycles. The lowest BCUT2D eigenvalue weighted by Crippen LogP contribution is -2.44. The molecule has 1 saturated heterocycles. The quantitative estimate of drug-likeness (QED) is 0.812. The lowest BCUT2D eigenvalue weighted by molar-refractivity contribution is -0.134. The van der Waals surface area contributed by atoms with Gasteiger partial charge in [-0.15, -0.1) is 0 Å². The van der Waals surface area contributed by atoms with E-state index in [0.717, 1.165) is 55.1 Å². The van der Waals surface area contributed by atoms with E-state index in [1.54, 1.807) is 13.0 Å². The Kier molecular flexibility index (Phi) is 3.83. The zero-order valence-corrected chi connectivity index (χ0v) is 12.5. The summed E-state index contributed by atoms with van der Waals surface area (Å²) in [6.45, 7) is 3.32. The van der Waals surface area contributed by atoms with Gasteiger partial charge < -0.3 is 4.90 Å². The second kappa shape index (κ2) is 5.60. The Bertz CT molecular complexity index is 578. The number of aromatic nitrogens is 2. The molecule has 5 nitrogen and oxygen atoms in total. The minimum atomic E-state index is -0.503. The molecule has 0 unspecified atom stereocenters. The number of carbonyl (C=O) groups is 1. The highest BCUT2D eigenvalue weighted by molar-refractivity contribution is 7.99. The van der Waals surface area contributed by atoms with Crippen molar-refractivity contribution in [2.75, 3.05) is 24.6 Å². The van der Waals surface area contributed by atoms with Gasteiger partial charge in [0.2, 0.25) is 5.91 Å². The molecule has 2 heterocycles. The second-order valence-electron chi connectivity index (χ2n) is 5.37. The molecule has 1 fully saturated rings. The molecule has 1 atom stereocenters. The van der Waals surface area contributed by atoms with Crippen LogP contribution in [0.3, 0.4) is 0 Å². The molecule has 6 heteroatoms. The Hall–Kier alpha value is -1.30. The normalized spacial score (nSPS) is 19.8. The summed E-state index contributed by atoms with van der Waals surface area (Å²) in [5.74, 6) is 1.97. The maximum atomic E-state index is 12.5. The number of nitrogens with zero attached hydrogens (tertiary/aromatic N) is 3. The molecule has 2 aliphatic rings. The summed E-state index contributed by atoms with van der Waals surface area (Å²) in [5, 5.41) is 4.42. The average Bonchev–Trinajstić information content (AvgIpc) is 2.93. The van der Waals surface area contributed by atoms with Crippen molar-refractivity contribution in [3.05, 3.63) is 27.7 Å². The SMILES string of the molecule is C[C@H](C(=O)N1CCSCC1)n1nc2c(cc1=O)CCC2. The fraction of sp³-hybridized carbons (Fsp3) is 0.643. The fourth-order valence-corrected chi connectivity index (χ4v) is 3.75. The third-order valence-electron chi connectivity index (χ3n) is 4.03. The molecule has 20 heavy (non-hydrogen) atoms. The summed E-state index contributed by atoms with van der Waals surface area (Å²) in [7, 11) is 0. The van der Waals surface area contributed by atoms with Gasteiger partial charge in [-0.2, -0.15) is 16.9 Å². The molecule has 0 N–H and O–H groups in total. The van der Waals surface area contributed by atoms with Gasteiger partial charge in [0.1, 0.15) is 6.04 Å². The highest BCUT2D eigenvalue weighted by Gasteiger charge is 2.26. The summed E-state index contributed by atoms with van der Waals surface area (Å²) >= 11 is 1.86. The van der Waals surface area contributed by atoms with Crippen molar-refractivity contribution in [3.8, 4) is 0 Å². The summed E-state index contributed by atoms with van der Waals surface area (Å²) in [6, 6.07) is 1.15. The zero-order valence-electron chi connectivity index (χ0n) is 11.7. The topological polar surface area (TPSA) is 55.2 Å². The van der Waals surface area contributed by atoms with Crippen LogP contribution < -0.4 is 5.56 Å². The van der Waals surface area contributed by atoms with Gasteiger partial charge in [0.05, 0.1) is 5.69 Å². The summed E-state index contributed by atoms with van der Waals surface area (Å²) in [4.78, 5) is 26.5. The van der Waals surface area contributed by atoms with Crippen LogP contribution in [-0.4, -0.2) is 45.2 Å². The number of hydrogen-bond donors (Lipinski definition) is 0. The van der Waals surface area contributed by atoms with Crippen molar-refractivity contribution in [2.24, 2.45) is 0 Å². The van der Waals surface area contributed by atoms with Crippen LogP contribution in [0.1, 0.15) is 30.6 Å². The number of aryl methyl sites for hydroxylation is 2. The van der Waals surface area contributed by atoms with Crippen molar-refractivity contribution in [1.29, 1.82) is 0 Å². The van der Waals surface area contributed by atoms with E-state index in [-0.39, 0.29) is 11.5 Å². The van der Waals surface area contributed by atoms with Crippen LogP contribution in [0.2, 0.25) is 0 Å². The molecular formula is C14H19N3O2S. The van der Waals surface area contributed by atoms with E-state index < -0.39 is 6.04 Å². The van der Waals surface area contributed by atoms with Gasteiger partial charge >= 0.3 is 0 Å². The Morgan fingerprint density at radius 3 is 2.85 bits per heavy atom. The van der Waals surface area contributed by atoms with Crippen LogP contribution in [0.5, 0.6) is 0 Å². The van der Waals surface area contributed by atoms with Crippen molar-refractivity contribution < 1.29 is 4.79 Å². The number of fused-ring (bicyclic) bond motifs is 1. The molecule has 108 valence electrons. The van der Waals surface area contributed by atoms with E-state index in [0.29, 0.717) is 0 Å². The van der Waals surface area contributed by atoms with Crippen LogP contribution >= 0.6 is 11.8 Å². The van der Waals surface area contributed by atoms with Gasteiger partial charge in [-0.3, -0.25) is 9.59 Å². The smallest absolute Gasteiger partial charge is 0.267 e. The Balaban J connectivity index is 1.84. The number of thioether (sulfide) groups is 1. The fourth-order valence-electron chi connectivity index (χ4n) is 2.85. The molecule has 0 aromatic carbocycles. The summed E-state index contributed by atoms with van der Waals surface area (Å²) < 4.78 is 1.37. The standard InChI is InChI=1S/C14H19N3O2S/c1-10(14(19)16-5-7-20-8-6-16)17-13(18)9-11-3-2-4-12(11)15-17/h9-10H,2-8H2,1H3/t10-/m1/s1. The molecule has 0 spiro atoms. The lowest BCUT2D eigenvalue weighted by Gasteiger charge is -2.29. The molecule has 1 aliphatic heterocycles. The van der Waals surface area contributed by atoms with E-state index >= 15 is 0 Å². The number of rotatable bonds is 2. The van der Waals surface area contributed by atoms with Crippen molar-refractivity contribution in [1.82, 2.24) is 14.7 Å². The number of amides is 1. The van der Waals surface area contributed by atoms with Gasteiger partial charge in [-0.05, 0) is 31.7 Å². The van der Waals surface area contributed by atoms with E-state index in [1.807, 2.05) is 16.7 Å². The molecule has 0 bridgehead atoms. The van der Waals surface area contributed by atoms with E-state index in [4.69, 9.17) is 0 Å². The summed E-state index contributed by atoms with van der Waals surface area (Å²) in [6.07, 6.45) is 2.90. The van der Waals surface area contributed by atoms with E-state index in [1.165, 1.54) is 4.68 Å². The maximum Gasteiger partial charge on any atom is 0.267 e. The number of carbonyl (C=O) groups excluding carboxylic acids is 1. The van der Waals surface area contributed by atoms with Gasteiger partial charge in [0, 0.05) is 30.7 Å². The van der Waals surface area contributed by atoms with Crippen LogP contribution in [0.25, 0.3) is 0 Å². The largest absolute Gasteiger partial charge is 0.339 e. The van der Waals surface area contributed by atoms with Gasteiger partial charge in [0.25, 0.3) is 5.56 Å². The first kappa shape index (κ1) is 13.7. The van der Waals surface area contributed by atoms with Crippen molar-refractivity contribution in [3.63, 3.8) is 0 Å². The van der Waals surface area contributed by atoms with E-state index in [2.05, 4.69) is 5.10 Å². The van der Waals surface area contributed by atoms with Crippen LogP contribution in [0, 0.1) is 0 Å². The number of hydrogen-bond acceptors (Lipinski definition) is 4. The van der Waals surface area contributed by atoms with E-state index in [9.17, 15) is 9.59 Å². The molecule has 1 aromatic heterocycles. The molecule has 1 amide bonds. The lowest BCUT2D eigenvalue weighted by atomic mass is 10.2. The van der Waals surface area contributed by atoms with Crippen molar-refractivity contribution in [2.45, 2.75) is 32.2 Å². The van der Waals surface area contributed by atoms with Crippen LogP contribution in [0.15, 0.2) is 10.9 Å². The monoisotopic (exact) mass is 293 g/mol. The predicted molar refractivity (Wildman–Crippen MR) is 79.1 cm³/mol. The Morgan fingerprint density at radius 2 is 2.10 bits per heavy atom. The van der Waals surface area contributed by atoms with Crippen molar-refractivity contribution >= 4 is 17.7 Å². The molecule has 1 aromatic rings. The first-order valence-electron chi connectivity index (χ1n) is 7.15. The molecular weight excluding hydrogens is 274 g/mol. The van der Waals surface area contributed by atoms with Gasteiger partial charge in [-0.25, -0.2) is 4.68 Å². The average molecular weight is 293 g/mol. The van der Waals surface area contributed by atoms with Crippen LogP contribution in [0.4, 0.5) is 0 Å². The molecule has 3 rings (SSSR count). The first-order valence-corrected chi connectivity index (χ1v) is 8.30. The highest BCUT2D eigenvalue weighted by Crippen LogP contribution is 2.19. The predicted octanol–water partition coefficient (Wildman–Crippen LogP) is 0.868. The van der Waals surface area contributed by atoms with Gasteiger partial charge in [-0.1, -0.05) is 0 Å². The third kappa shape index (κ3) is 2.49. The maximum absolute atomic E-state index is 12.5. The minimum Gasteiger partial charge on any atom is -0.339 e. The van der Waals surface area contributed by atoms with Gasteiger partial charge in [0.15, 0.2) is 0 Å². The second-order valence-corrected chi connectivity index (χ2v) is 6.59.